The molecule has 0 amide bonds. The summed E-state index contributed by atoms with van der Waals surface area (Å²) in [5.41, 5.74) is 1.14. The van der Waals surface area contributed by atoms with Crippen molar-refractivity contribution in [2.75, 3.05) is 6.61 Å². The molecule has 1 unspecified atom stereocenters. The monoisotopic (exact) mass is 222 g/mol. The number of carbonyl (C=O) groups excluding carboxylic acids is 1. The largest absolute Gasteiger partial charge is 0.511 e. The van der Waals surface area contributed by atoms with Crippen LogP contribution in [-0.4, -0.2) is 19.1 Å². The van der Waals surface area contributed by atoms with E-state index in [2.05, 4.69) is 0 Å². The minimum atomic E-state index is -0.674. The summed E-state index contributed by atoms with van der Waals surface area (Å²) < 4.78 is 15.2. The molecule has 0 bridgehead atoms. The summed E-state index contributed by atoms with van der Waals surface area (Å²) in [5.74, 6) is 0.781. The Balaban J connectivity index is 1.95. The van der Waals surface area contributed by atoms with E-state index in [1.165, 1.54) is 0 Å². The Labute approximate surface area is 94.1 Å². The summed E-state index contributed by atoms with van der Waals surface area (Å²) >= 11 is 0. The lowest BCUT2D eigenvalue weighted by atomic mass is 10.1. The van der Waals surface area contributed by atoms with Crippen LogP contribution >= 0.6 is 0 Å². The molecule has 16 heavy (non-hydrogen) atoms. The second-order valence-corrected chi connectivity index (χ2v) is 3.49. The maximum absolute atomic E-state index is 11.1. The van der Waals surface area contributed by atoms with Crippen LogP contribution in [0.3, 0.4) is 0 Å². The van der Waals surface area contributed by atoms with E-state index in [-0.39, 0.29) is 0 Å². The molecule has 0 aliphatic carbocycles. The second-order valence-electron chi connectivity index (χ2n) is 3.49. The molecule has 0 radical (unpaired) electrons. The van der Waals surface area contributed by atoms with Gasteiger partial charge in [0.2, 0.25) is 6.29 Å². The van der Waals surface area contributed by atoms with Gasteiger partial charge in [0, 0.05) is 6.42 Å². The first kappa shape index (κ1) is 10.8. The van der Waals surface area contributed by atoms with E-state index in [4.69, 9.17) is 14.2 Å². The molecule has 1 atom stereocenters. The number of ether oxygens (including phenoxy) is 3. The van der Waals surface area contributed by atoms with E-state index in [9.17, 15) is 4.79 Å². The zero-order valence-electron chi connectivity index (χ0n) is 9.14. The highest BCUT2D eigenvalue weighted by Gasteiger charge is 2.22. The third-order valence-corrected chi connectivity index (χ3v) is 2.37. The summed E-state index contributed by atoms with van der Waals surface area (Å²) in [4.78, 5) is 11.1. The number of para-hydroxylation sites is 1. The maximum atomic E-state index is 11.1. The Morgan fingerprint density at radius 3 is 3.12 bits per heavy atom. The number of hydrogen-bond acceptors (Lipinski definition) is 4. The van der Waals surface area contributed by atoms with Gasteiger partial charge in [-0.05, 0) is 25.0 Å². The molecule has 1 aromatic carbocycles. The van der Waals surface area contributed by atoms with Crippen molar-refractivity contribution < 1.29 is 19.0 Å². The summed E-state index contributed by atoms with van der Waals surface area (Å²) in [6.45, 7) is 2.04. The molecule has 2 rings (SSSR count). The van der Waals surface area contributed by atoms with Crippen molar-refractivity contribution in [2.45, 2.75) is 26.1 Å². The Morgan fingerprint density at radius 1 is 1.50 bits per heavy atom. The highest BCUT2D eigenvalue weighted by atomic mass is 16.8. The fourth-order valence-electron chi connectivity index (χ4n) is 1.64. The van der Waals surface area contributed by atoms with E-state index in [0.29, 0.717) is 13.0 Å². The second kappa shape index (κ2) is 4.88. The molecule has 0 spiro atoms. The van der Waals surface area contributed by atoms with Crippen molar-refractivity contribution in [1.29, 1.82) is 0 Å². The predicted molar refractivity (Wildman–Crippen MR) is 57.3 cm³/mol. The van der Waals surface area contributed by atoms with Gasteiger partial charge in [-0.15, -0.1) is 0 Å². The molecule has 86 valence electrons. The van der Waals surface area contributed by atoms with Crippen molar-refractivity contribution in [2.24, 2.45) is 0 Å². The Morgan fingerprint density at radius 2 is 2.31 bits per heavy atom. The van der Waals surface area contributed by atoms with E-state index in [1.807, 2.05) is 24.3 Å². The number of carbonyl (C=O) groups is 1. The van der Waals surface area contributed by atoms with Gasteiger partial charge in [-0.25, -0.2) is 4.79 Å². The molecule has 1 aliphatic heterocycles. The van der Waals surface area contributed by atoms with Crippen LogP contribution in [0.5, 0.6) is 5.75 Å². The van der Waals surface area contributed by atoms with Crippen LogP contribution in [0.25, 0.3) is 0 Å². The van der Waals surface area contributed by atoms with Gasteiger partial charge in [-0.3, -0.25) is 0 Å². The van der Waals surface area contributed by atoms with Gasteiger partial charge in [0.25, 0.3) is 0 Å². The topological polar surface area (TPSA) is 44.8 Å². The summed E-state index contributed by atoms with van der Waals surface area (Å²) in [6, 6.07) is 7.74. The molecule has 0 saturated heterocycles. The van der Waals surface area contributed by atoms with Crippen LogP contribution in [0, 0.1) is 0 Å². The minimum absolute atomic E-state index is 0.308. The summed E-state index contributed by atoms with van der Waals surface area (Å²) in [6.07, 6.45) is 0.302. The Kier molecular flexibility index (Phi) is 3.29. The van der Waals surface area contributed by atoms with Gasteiger partial charge >= 0.3 is 6.16 Å². The SMILES string of the molecule is CCOC(=O)OC1CCc2ccccc2O1. The van der Waals surface area contributed by atoms with Gasteiger partial charge in [0.15, 0.2) is 0 Å². The molecule has 4 heteroatoms. The number of rotatable bonds is 2. The van der Waals surface area contributed by atoms with Gasteiger partial charge in [0.1, 0.15) is 5.75 Å². The van der Waals surface area contributed by atoms with Crippen LogP contribution in [-0.2, 0) is 15.9 Å². The van der Waals surface area contributed by atoms with Gasteiger partial charge in [-0.2, -0.15) is 0 Å². The lowest BCUT2D eigenvalue weighted by molar-refractivity contribution is -0.0725. The van der Waals surface area contributed by atoms with E-state index in [0.717, 1.165) is 17.7 Å². The fourth-order valence-corrected chi connectivity index (χ4v) is 1.64. The first-order valence-electron chi connectivity index (χ1n) is 5.37. The average Bonchev–Trinajstić information content (AvgIpc) is 2.29. The van der Waals surface area contributed by atoms with Crippen LogP contribution in [0.4, 0.5) is 4.79 Å². The Hall–Kier alpha value is -1.71. The molecule has 4 nitrogen and oxygen atoms in total. The van der Waals surface area contributed by atoms with E-state index < -0.39 is 12.4 Å². The molecule has 1 aromatic rings. The first-order valence-corrected chi connectivity index (χ1v) is 5.37. The smallest absolute Gasteiger partial charge is 0.454 e. The lowest BCUT2D eigenvalue weighted by Crippen LogP contribution is -2.28. The van der Waals surface area contributed by atoms with Gasteiger partial charge in [-0.1, -0.05) is 18.2 Å². The summed E-state index contributed by atoms with van der Waals surface area (Å²) in [5, 5.41) is 0. The van der Waals surface area contributed by atoms with Crippen molar-refractivity contribution >= 4 is 6.16 Å². The molecule has 0 saturated carbocycles. The highest BCUT2D eigenvalue weighted by molar-refractivity contribution is 5.60. The normalized spacial score (nSPS) is 18.2. The highest BCUT2D eigenvalue weighted by Crippen LogP contribution is 2.27. The number of fused-ring (bicyclic) bond motifs is 1. The number of aryl methyl sites for hydroxylation is 1. The number of hydrogen-bond donors (Lipinski definition) is 0. The third kappa shape index (κ3) is 2.45. The quantitative estimate of drug-likeness (QED) is 0.721. The molecule has 1 aliphatic rings. The maximum Gasteiger partial charge on any atom is 0.511 e. The van der Waals surface area contributed by atoms with Crippen molar-refractivity contribution in [3.8, 4) is 5.75 Å². The van der Waals surface area contributed by atoms with E-state index >= 15 is 0 Å². The molecular formula is C12H14O4. The zero-order valence-corrected chi connectivity index (χ0v) is 9.14. The van der Waals surface area contributed by atoms with Crippen LogP contribution in [0.15, 0.2) is 24.3 Å². The van der Waals surface area contributed by atoms with Crippen molar-refractivity contribution in [1.82, 2.24) is 0 Å². The average molecular weight is 222 g/mol. The Bertz CT molecular complexity index is 375. The van der Waals surface area contributed by atoms with E-state index in [1.54, 1.807) is 6.92 Å². The van der Waals surface area contributed by atoms with Crippen molar-refractivity contribution in [3.63, 3.8) is 0 Å². The fraction of sp³-hybridized carbons (Fsp3) is 0.417. The zero-order chi connectivity index (χ0) is 11.4. The first-order chi connectivity index (χ1) is 7.79. The predicted octanol–water partition coefficient (Wildman–Crippen LogP) is 2.51. The third-order valence-electron chi connectivity index (χ3n) is 2.37. The van der Waals surface area contributed by atoms with Gasteiger partial charge in [0.05, 0.1) is 6.61 Å². The van der Waals surface area contributed by atoms with Crippen LogP contribution in [0.1, 0.15) is 18.9 Å². The minimum Gasteiger partial charge on any atom is -0.454 e. The lowest BCUT2D eigenvalue weighted by Gasteiger charge is -2.24. The molecule has 0 fully saturated rings. The molecule has 0 aromatic heterocycles. The van der Waals surface area contributed by atoms with Gasteiger partial charge < -0.3 is 14.2 Å². The standard InChI is InChI=1S/C12H14O4/c1-2-14-12(13)16-11-8-7-9-5-3-4-6-10(9)15-11/h3-6,11H,2,7-8H2,1H3. The van der Waals surface area contributed by atoms with Crippen LogP contribution < -0.4 is 4.74 Å². The molecular weight excluding hydrogens is 208 g/mol. The number of benzene rings is 1. The molecule has 1 heterocycles. The van der Waals surface area contributed by atoms with Crippen LogP contribution in [0.2, 0.25) is 0 Å². The van der Waals surface area contributed by atoms with Crippen molar-refractivity contribution in [3.05, 3.63) is 29.8 Å². The summed E-state index contributed by atoms with van der Waals surface area (Å²) in [7, 11) is 0. The molecule has 0 N–H and O–H groups in total.